The predicted molar refractivity (Wildman–Crippen MR) is 84.7 cm³/mol. The van der Waals surface area contributed by atoms with Crippen LogP contribution in [-0.2, 0) is 20.9 Å². The first kappa shape index (κ1) is 17.4. The molecule has 2 N–H and O–H groups in total. The van der Waals surface area contributed by atoms with E-state index >= 15 is 0 Å². The van der Waals surface area contributed by atoms with Gasteiger partial charge < -0.3 is 19.7 Å². The van der Waals surface area contributed by atoms with E-state index in [9.17, 15) is 24.8 Å². The minimum atomic E-state index is -1.53. The summed E-state index contributed by atoms with van der Waals surface area (Å²) in [6.07, 6.45) is 1.61. The number of methoxy groups -OCH3 is 1. The molecule has 0 bridgehead atoms. The lowest BCUT2D eigenvalue weighted by atomic mass is 10.0. The smallest absolute Gasteiger partial charge is 0.331 e. The highest BCUT2D eigenvalue weighted by molar-refractivity contribution is 5.88. The zero-order valence-corrected chi connectivity index (χ0v) is 13.2. The first-order valence-corrected chi connectivity index (χ1v) is 7.03. The normalized spacial score (nSPS) is 13.4. The molecule has 0 fully saturated rings. The summed E-state index contributed by atoms with van der Waals surface area (Å²) in [6, 6.07) is 5.96. The van der Waals surface area contributed by atoms with Crippen molar-refractivity contribution in [3.8, 4) is 0 Å². The summed E-state index contributed by atoms with van der Waals surface area (Å²) >= 11 is 0. The fourth-order valence-corrected chi connectivity index (χ4v) is 2.38. The van der Waals surface area contributed by atoms with Crippen molar-refractivity contribution >= 4 is 28.5 Å². The number of carbonyl (C=O) groups excluding carboxylic acids is 1. The lowest BCUT2D eigenvalue weighted by Crippen LogP contribution is -2.56. The van der Waals surface area contributed by atoms with Crippen LogP contribution in [0.4, 0.5) is 5.69 Å². The third-order valence-corrected chi connectivity index (χ3v) is 3.60. The number of hydrogen-bond acceptors (Lipinski definition) is 5. The summed E-state index contributed by atoms with van der Waals surface area (Å²) < 4.78 is 6.43. The molecule has 0 aliphatic rings. The number of hydrogen-bond donors (Lipinski definition) is 2. The monoisotopic (exact) mass is 335 g/mol. The Hall–Kier alpha value is -2.94. The summed E-state index contributed by atoms with van der Waals surface area (Å²) in [7, 11) is 1.35. The zero-order chi connectivity index (χ0) is 17.9. The van der Waals surface area contributed by atoms with Gasteiger partial charge in [-0.1, -0.05) is 0 Å². The highest BCUT2D eigenvalue weighted by Gasteiger charge is 2.35. The van der Waals surface area contributed by atoms with Crippen LogP contribution in [0.1, 0.15) is 6.92 Å². The Morgan fingerprint density at radius 3 is 2.71 bits per heavy atom. The van der Waals surface area contributed by atoms with Crippen LogP contribution in [0, 0.1) is 10.1 Å². The number of carboxylic acid groups (broad SMARTS) is 1. The molecule has 1 unspecified atom stereocenters. The van der Waals surface area contributed by atoms with E-state index in [2.05, 4.69) is 5.32 Å². The van der Waals surface area contributed by atoms with Gasteiger partial charge in [0, 0.05) is 36.3 Å². The summed E-state index contributed by atoms with van der Waals surface area (Å²) in [4.78, 5) is 33.7. The topological polar surface area (TPSA) is 124 Å². The SMILES string of the molecule is COCC(C)(NC(=O)Cn1ccc2cc([N+](=O)[O-])ccc21)C(=O)O. The summed E-state index contributed by atoms with van der Waals surface area (Å²) in [6.45, 7) is 1.06. The van der Waals surface area contributed by atoms with E-state index < -0.39 is 22.3 Å². The Morgan fingerprint density at radius 2 is 2.12 bits per heavy atom. The second kappa shape index (κ2) is 6.67. The number of fused-ring (bicyclic) bond motifs is 1. The Kier molecular flexibility index (Phi) is 4.84. The number of nitrogens with one attached hydrogen (secondary N) is 1. The van der Waals surface area contributed by atoms with Crippen molar-refractivity contribution in [2.75, 3.05) is 13.7 Å². The standard InChI is InChI=1S/C15H17N3O6/c1-15(9-24-2,14(20)21)16-13(19)8-17-6-5-10-7-11(18(22)23)3-4-12(10)17/h3-7H,8-9H2,1-2H3,(H,16,19)(H,20,21). The molecule has 1 atom stereocenters. The van der Waals surface area contributed by atoms with Gasteiger partial charge in [0.25, 0.3) is 5.69 Å². The first-order valence-electron chi connectivity index (χ1n) is 7.03. The van der Waals surface area contributed by atoms with Crippen LogP contribution in [0.5, 0.6) is 0 Å². The fraction of sp³-hybridized carbons (Fsp3) is 0.333. The molecule has 1 aromatic carbocycles. The highest BCUT2D eigenvalue weighted by Crippen LogP contribution is 2.22. The number of nitrogens with zero attached hydrogens (tertiary/aromatic N) is 2. The highest BCUT2D eigenvalue weighted by atomic mass is 16.6. The second-order valence-corrected chi connectivity index (χ2v) is 5.56. The van der Waals surface area contributed by atoms with Crippen molar-refractivity contribution in [1.82, 2.24) is 9.88 Å². The van der Waals surface area contributed by atoms with Crippen LogP contribution in [0.15, 0.2) is 30.5 Å². The number of carbonyl (C=O) groups is 2. The summed E-state index contributed by atoms with van der Waals surface area (Å²) in [5.41, 5.74) is -0.934. The lowest BCUT2D eigenvalue weighted by molar-refractivity contribution is -0.384. The molecule has 0 radical (unpaired) electrons. The van der Waals surface area contributed by atoms with Crippen molar-refractivity contribution in [3.63, 3.8) is 0 Å². The van der Waals surface area contributed by atoms with Gasteiger partial charge in [0.2, 0.25) is 5.91 Å². The van der Waals surface area contributed by atoms with Gasteiger partial charge in [-0.2, -0.15) is 0 Å². The van der Waals surface area contributed by atoms with Crippen molar-refractivity contribution < 1.29 is 24.4 Å². The number of aromatic nitrogens is 1. The van der Waals surface area contributed by atoms with E-state index in [-0.39, 0.29) is 18.8 Å². The van der Waals surface area contributed by atoms with Gasteiger partial charge in [-0.3, -0.25) is 14.9 Å². The maximum absolute atomic E-state index is 12.2. The number of nitro groups is 1. The largest absolute Gasteiger partial charge is 0.479 e. The van der Waals surface area contributed by atoms with Crippen LogP contribution >= 0.6 is 0 Å². The maximum atomic E-state index is 12.2. The van der Waals surface area contributed by atoms with Gasteiger partial charge in [0.05, 0.1) is 11.5 Å². The molecule has 24 heavy (non-hydrogen) atoms. The molecule has 0 aliphatic carbocycles. The quantitative estimate of drug-likeness (QED) is 0.578. The fourth-order valence-electron chi connectivity index (χ4n) is 2.38. The Labute approximate surface area is 137 Å². The van der Waals surface area contributed by atoms with Crippen molar-refractivity contribution in [3.05, 3.63) is 40.6 Å². The maximum Gasteiger partial charge on any atom is 0.331 e. The second-order valence-electron chi connectivity index (χ2n) is 5.56. The predicted octanol–water partition coefficient (Wildman–Crippen LogP) is 1.16. The minimum absolute atomic E-state index is 0.0387. The van der Waals surface area contributed by atoms with Gasteiger partial charge in [-0.05, 0) is 19.1 Å². The first-order chi connectivity index (χ1) is 11.3. The van der Waals surface area contributed by atoms with E-state index in [1.165, 1.54) is 26.2 Å². The lowest BCUT2D eigenvalue weighted by Gasteiger charge is -2.25. The number of ether oxygens (including phenoxy) is 1. The van der Waals surface area contributed by atoms with E-state index in [1.54, 1.807) is 22.9 Å². The van der Waals surface area contributed by atoms with Crippen molar-refractivity contribution in [1.29, 1.82) is 0 Å². The minimum Gasteiger partial charge on any atom is -0.479 e. The summed E-state index contributed by atoms with van der Waals surface area (Å²) in [5, 5.41) is 23.1. The van der Waals surface area contributed by atoms with Crippen LogP contribution in [-0.4, -0.2) is 45.7 Å². The number of amides is 1. The average molecular weight is 335 g/mol. The average Bonchev–Trinajstić information content (AvgIpc) is 2.89. The van der Waals surface area contributed by atoms with Crippen molar-refractivity contribution in [2.24, 2.45) is 0 Å². The van der Waals surface area contributed by atoms with Gasteiger partial charge in [0.15, 0.2) is 5.54 Å². The molecule has 1 amide bonds. The number of benzene rings is 1. The molecule has 128 valence electrons. The third kappa shape index (κ3) is 3.51. The molecular formula is C15H17N3O6. The molecule has 9 nitrogen and oxygen atoms in total. The Morgan fingerprint density at radius 1 is 1.42 bits per heavy atom. The third-order valence-electron chi connectivity index (χ3n) is 3.60. The molecule has 0 aliphatic heterocycles. The molecule has 0 spiro atoms. The number of non-ortho nitro benzene ring substituents is 1. The molecule has 2 aromatic rings. The molecule has 1 heterocycles. The number of aliphatic carboxylic acids is 1. The van der Waals surface area contributed by atoms with Gasteiger partial charge in [-0.15, -0.1) is 0 Å². The molecule has 2 rings (SSSR count). The number of rotatable bonds is 7. The zero-order valence-electron chi connectivity index (χ0n) is 13.2. The molecular weight excluding hydrogens is 318 g/mol. The van der Waals surface area contributed by atoms with E-state index in [1.807, 2.05) is 0 Å². The Balaban J connectivity index is 2.19. The number of carboxylic acids is 1. The Bertz CT molecular complexity index is 800. The molecule has 0 saturated heterocycles. The van der Waals surface area contributed by atoms with E-state index in [4.69, 9.17) is 4.74 Å². The number of nitro benzene ring substituents is 1. The van der Waals surface area contributed by atoms with Gasteiger partial charge >= 0.3 is 5.97 Å². The van der Waals surface area contributed by atoms with Gasteiger partial charge in [0.1, 0.15) is 6.54 Å². The summed E-state index contributed by atoms with van der Waals surface area (Å²) in [5.74, 6) is -1.71. The van der Waals surface area contributed by atoms with E-state index in [0.29, 0.717) is 10.9 Å². The molecule has 0 saturated carbocycles. The van der Waals surface area contributed by atoms with Gasteiger partial charge in [-0.25, -0.2) is 4.79 Å². The molecule has 1 aromatic heterocycles. The van der Waals surface area contributed by atoms with Crippen LogP contribution < -0.4 is 5.32 Å². The molecule has 9 heteroatoms. The van der Waals surface area contributed by atoms with Crippen molar-refractivity contribution in [2.45, 2.75) is 19.0 Å². The van der Waals surface area contributed by atoms with Crippen LogP contribution in [0.2, 0.25) is 0 Å². The van der Waals surface area contributed by atoms with Crippen LogP contribution in [0.3, 0.4) is 0 Å². The van der Waals surface area contributed by atoms with Crippen LogP contribution in [0.25, 0.3) is 10.9 Å². The van der Waals surface area contributed by atoms with E-state index in [0.717, 1.165) is 0 Å².